The second-order valence-electron chi connectivity index (χ2n) is 2.54. The van der Waals surface area contributed by atoms with Crippen molar-refractivity contribution in [2.45, 2.75) is 5.75 Å². The summed E-state index contributed by atoms with van der Waals surface area (Å²) in [4.78, 5) is 3.85. The quantitative estimate of drug-likeness (QED) is 0.731. The summed E-state index contributed by atoms with van der Waals surface area (Å²) in [6, 6.07) is 3.22. The van der Waals surface area contributed by atoms with Gasteiger partial charge in [-0.15, -0.1) is 0 Å². The Labute approximate surface area is 76.3 Å². The number of aromatic nitrogens is 1. The Balaban J connectivity index is 2.85. The number of nitrogens with zero attached hydrogens (tertiary/aromatic N) is 1. The topological polar surface area (TPSA) is 47.0 Å². The molecule has 0 bridgehead atoms. The van der Waals surface area contributed by atoms with Crippen LogP contribution in [0.25, 0.3) is 0 Å². The van der Waals surface area contributed by atoms with Gasteiger partial charge in [-0.3, -0.25) is 4.98 Å². The van der Waals surface area contributed by atoms with E-state index in [1.165, 1.54) is 12.5 Å². The first-order valence-electron chi connectivity index (χ1n) is 3.25. The van der Waals surface area contributed by atoms with Crippen LogP contribution in [0.5, 0.6) is 0 Å². The molecular weight excluding hydrogens is 198 g/mol. The van der Waals surface area contributed by atoms with E-state index in [9.17, 15) is 8.42 Å². The van der Waals surface area contributed by atoms with E-state index >= 15 is 0 Å². The maximum Gasteiger partial charge on any atom is 0.153 e. The van der Waals surface area contributed by atoms with Crippen molar-refractivity contribution >= 4 is 21.4 Å². The molecule has 0 fully saturated rings. The molecule has 0 radical (unpaired) electrons. The minimum absolute atomic E-state index is 0.0375. The minimum Gasteiger partial charge on any atom is -0.259 e. The van der Waals surface area contributed by atoms with E-state index < -0.39 is 9.84 Å². The summed E-state index contributed by atoms with van der Waals surface area (Å²) >= 11 is 5.57. The van der Waals surface area contributed by atoms with E-state index in [1.54, 1.807) is 12.1 Å². The molecule has 1 rings (SSSR count). The van der Waals surface area contributed by atoms with Crippen LogP contribution in [0.3, 0.4) is 0 Å². The summed E-state index contributed by atoms with van der Waals surface area (Å²) in [6.45, 7) is 0. The van der Waals surface area contributed by atoms with Crippen LogP contribution in [0.4, 0.5) is 0 Å². The number of rotatable bonds is 2. The van der Waals surface area contributed by atoms with E-state index in [1.807, 2.05) is 0 Å². The summed E-state index contributed by atoms with van der Waals surface area (Å²) in [5.41, 5.74) is 0.516. The van der Waals surface area contributed by atoms with E-state index in [4.69, 9.17) is 11.6 Å². The van der Waals surface area contributed by atoms with Crippen LogP contribution < -0.4 is 0 Å². The summed E-state index contributed by atoms with van der Waals surface area (Å²) in [5.74, 6) is -0.0375. The molecule has 1 aromatic rings. The lowest BCUT2D eigenvalue weighted by atomic mass is 10.4. The van der Waals surface area contributed by atoms with Gasteiger partial charge in [-0.05, 0) is 12.1 Å². The molecule has 0 aliphatic heterocycles. The maximum absolute atomic E-state index is 10.8. The molecule has 0 unspecified atom stereocenters. The van der Waals surface area contributed by atoms with Gasteiger partial charge < -0.3 is 0 Å². The Morgan fingerprint density at radius 3 is 2.58 bits per heavy atom. The highest BCUT2D eigenvalue weighted by Crippen LogP contribution is 2.07. The molecule has 0 N–H and O–H groups in total. The predicted molar refractivity (Wildman–Crippen MR) is 47.8 cm³/mol. The molecule has 0 atom stereocenters. The summed E-state index contributed by atoms with van der Waals surface area (Å²) in [6.07, 6.45) is 2.60. The third kappa shape index (κ3) is 3.19. The van der Waals surface area contributed by atoms with Gasteiger partial charge in [-0.1, -0.05) is 11.6 Å². The Kier molecular flexibility index (Phi) is 2.69. The van der Waals surface area contributed by atoms with Gasteiger partial charge in [0, 0.05) is 12.5 Å². The fourth-order valence-corrected chi connectivity index (χ4v) is 1.58. The molecular formula is C7H8ClNO2S. The van der Waals surface area contributed by atoms with Gasteiger partial charge >= 0.3 is 0 Å². The lowest BCUT2D eigenvalue weighted by Crippen LogP contribution is -2.02. The smallest absolute Gasteiger partial charge is 0.153 e. The number of hydrogen-bond acceptors (Lipinski definition) is 3. The molecule has 0 aliphatic rings. The average molecular weight is 206 g/mol. The fourth-order valence-electron chi connectivity index (χ4n) is 0.760. The van der Waals surface area contributed by atoms with Gasteiger partial charge in [0.1, 0.15) is 0 Å². The molecule has 1 heterocycles. The monoisotopic (exact) mass is 205 g/mol. The largest absolute Gasteiger partial charge is 0.259 e. The highest BCUT2D eigenvalue weighted by molar-refractivity contribution is 7.89. The third-order valence-corrected chi connectivity index (χ3v) is 2.24. The lowest BCUT2D eigenvalue weighted by Gasteiger charge is -1.97. The summed E-state index contributed by atoms with van der Waals surface area (Å²) in [7, 11) is -3.00. The first-order chi connectivity index (χ1) is 5.47. The first-order valence-corrected chi connectivity index (χ1v) is 5.69. The van der Waals surface area contributed by atoms with E-state index in [0.29, 0.717) is 10.7 Å². The van der Waals surface area contributed by atoms with E-state index in [0.717, 1.165) is 0 Å². The number of halogens is 1. The Morgan fingerprint density at radius 1 is 1.50 bits per heavy atom. The molecule has 3 nitrogen and oxygen atoms in total. The molecule has 12 heavy (non-hydrogen) atoms. The highest BCUT2D eigenvalue weighted by Gasteiger charge is 2.04. The maximum atomic E-state index is 10.8. The van der Waals surface area contributed by atoms with Crippen molar-refractivity contribution in [2.24, 2.45) is 0 Å². The van der Waals surface area contributed by atoms with Gasteiger partial charge in [0.15, 0.2) is 9.84 Å². The zero-order valence-electron chi connectivity index (χ0n) is 6.49. The zero-order chi connectivity index (χ0) is 9.19. The van der Waals surface area contributed by atoms with Crippen LogP contribution in [0.15, 0.2) is 18.3 Å². The van der Waals surface area contributed by atoms with E-state index in [-0.39, 0.29) is 5.75 Å². The second kappa shape index (κ2) is 3.41. The van der Waals surface area contributed by atoms with Gasteiger partial charge in [-0.25, -0.2) is 8.42 Å². The molecule has 66 valence electrons. The molecule has 0 aromatic carbocycles. The minimum atomic E-state index is -3.00. The van der Waals surface area contributed by atoms with Gasteiger partial charge in [0.05, 0.1) is 16.5 Å². The van der Waals surface area contributed by atoms with E-state index in [2.05, 4.69) is 4.98 Å². The summed E-state index contributed by atoms with van der Waals surface area (Å²) in [5, 5.41) is 0.507. The van der Waals surface area contributed by atoms with Gasteiger partial charge in [-0.2, -0.15) is 0 Å². The van der Waals surface area contributed by atoms with Gasteiger partial charge in [0.2, 0.25) is 0 Å². The predicted octanol–water partition coefficient (Wildman–Crippen LogP) is 1.28. The van der Waals surface area contributed by atoms with Crippen molar-refractivity contribution in [3.8, 4) is 0 Å². The molecule has 1 aromatic heterocycles. The Morgan fingerprint density at radius 2 is 2.17 bits per heavy atom. The lowest BCUT2D eigenvalue weighted by molar-refractivity contribution is 0.600. The van der Waals surface area contributed by atoms with Crippen molar-refractivity contribution < 1.29 is 8.42 Å². The van der Waals surface area contributed by atoms with Crippen molar-refractivity contribution in [3.63, 3.8) is 0 Å². The van der Waals surface area contributed by atoms with Crippen LogP contribution >= 0.6 is 11.6 Å². The molecule has 0 saturated heterocycles. The van der Waals surface area contributed by atoms with Crippen molar-refractivity contribution in [2.75, 3.05) is 6.26 Å². The number of pyridine rings is 1. The zero-order valence-corrected chi connectivity index (χ0v) is 8.06. The van der Waals surface area contributed by atoms with Crippen molar-refractivity contribution in [1.29, 1.82) is 0 Å². The summed E-state index contributed by atoms with van der Waals surface area (Å²) < 4.78 is 21.6. The number of hydrogen-bond donors (Lipinski definition) is 0. The molecule has 0 aliphatic carbocycles. The third-order valence-electron chi connectivity index (χ3n) is 1.20. The van der Waals surface area contributed by atoms with Crippen LogP contribution in [0, 0.1) is 0 Å². The fraction of sp³-hybridized carbons (Fsp3) is 0.286. The normalized spacial score (nSPS) is 11.5. The van der Waals surface area contributed by atoms with Crippen molar-refractivity contribution in [1.82, 2.24) is 4.98 Å². The van der Waals surface area contributed by atoms with Crippen LogP contribution in [0.1, 0.15) is 5.69 Å². The highest BCUT2D eigenvalue weighted by atomic mass is 35.5. The van der Waals surface area contributed by atoms with Crippen LogP contribution in [-0.4, -0.2) is 19.7 Å². The molecule has 0 saturated carbocycles. The first kappa shape index (κ1) is 9.48. The van der Waals surface area contributed by atoms with Gasteiger partial charge in [0.25, 0.3) is 0 Å². The molecule has 5 heteroatoms. The van der Waals surface area contributed by atoms with Crippen molar-refractivity contribution in [3.05, 3.63) is 29.0 Å². The Hall–Kier alpha value is -0.610. The number of sulfone groups is 1. The van der Waals surface area contributed by atoms with Crippen LogP contribution in [-0.2, 0) is 15.6 Å². The second-order valence-corrected chi connectivity index (χ2v) is 5.11. The van der Waals surface area contributed by atoms with Crippen LogP contribution in [0.2, 0.25) is 5.02 Å². The standard InChI is InChI=1S/C7H8ClNO2S/c1-12(10,11)5-7-3-2-6(8)4-9-7/h2-4H,5H2,1H3. The molecule has 0 spiro atoms. The Bertz CT molecular complexity index is 357. The molecule has 0 amide bonds. The average Bonchev–Trinajstić information content (AvgIpc) is 1.91. The SMILES string of the molecule is CS(=O)(=O)Cc1ccc(Cl)cn1.